The van der Waals surface area contributed by atoms with Crippen LogP contribution in [-0.2, 0) is 9.53 Å². The summed E-state index contributed by atoms with van der Waals surface area (Å²) < 4.78 is 4.93. The normalized spacial score (nSPS) is 16.7. The van der Waals surface area contributed by atoms with Gasteiger partial charge in [0.25, 0.3) is 0 Å². The van der Waals surface area contributed by atoms with Gasteiger partial charge in [0.1, 0.15) is 6.54 Å². The van der Waals surface area contributed by atoms with E-state index < -0.39 is 5.97 Å². The number of carbonyl (C=O) groups excluding carboxylic acids is 1. The lowest BCUT2D eigenvalue weighted by Crippen LogP contribution is -2.47. The third kappa shape index (κ3) is 6.31. The molecule has 1 N–H and O–H groups in total. The highest BCUT2D eigenvalue weighted by Gasteiger charge is 2.24. The molecule has 2 amide bonds. The second kappa shape index (κ2) is 8.84. The largest absolute Gasteiger partial charge is 0.480 e. The number of likely N-dealkylation sites (tertiary alicyclic amines) is 1. The van der Waals surface area contributed by atoms with Crippen molar-refractivity contribution < 1.29 is 19.4 Å². The summed E-state index contributed by atoms with van der Waals surface area (Å²) in [6.45, 7) is 3.11. The first-order valence-corrected chi connectivity index (χ1v) is 7.33. The monoisotopic (exact) mass is 301 g/mol. The first-order chi connectivity index (χ1) is 9.93. The van der Waals surface area contributed by atoms with Crippen LogP contribution in [0.4, 0.5) is 4.79 Å². The average Bonchev–Trinajstić information content (AvgIpc) is 2.44. The van der Waals surface area contributed by atoms with Crippen LogP contribution in [0, 0.1) is 5.92 Å². The van der Waals surface area contributed by atoms with Gasteiger partial charge in [-0.25, -0.2) is 4.79 Å². The van der Waals surface area contributed by atoms with Gasteiger partial charge in [0.05, 0.1) is 6.61 Å². The van der Waals surface area contributed by atoms with Crippen molar-refractivity contribution in [2.24, 2.45) is 5.92 Å². The molecule has 0 aromatic heterocycles. The zero-order valence-corrected chi connectivity index (χ0v) is 13.2. The molecule has 0 saturated carbocycles. The van der Waals surface area contributed by atoms with E-state index in [2.05, 4.69) is 11.9 Å². The highest BCUT2D eigenvalue weighted by Crippen LogP contribution is 2.17. The minimum absolute atomic E-state index is 0.242. The summed E-state index contributed by atoms with van der Waals surface area (Å²) in [5.41, 5.74) is 0. The van der Waals surface area contributed by atoms with Gasteiger partial charge in [0.15, 0.2) is 0 Å². The van der Waals surface area contributed by atoms with Crippen LogP contribution >= 0.6 is 0 Å². The molecule has 7 heteroatoms. The Labute approximate surface area is 126 Å². The van der Waals surface area contributed by atoms with Gasteiger partial charge < -0.3 is 24.5 Å². The van der Waals surface area contributed by atoms with Gasteiger partial charge in [0, 0.05) is 27.2 Å². The highest BCUT2D eigenvalue weighted by atomic mass is 16.5. The Morgan fingerprint density at radius 2 is 1.95 bits per heavy atom. The summed E-state index contributed by atoms with van der Waals surface area (Å²) in [5, 5.41) is 8.91. The average molecular weight is 301 g/mol. The SMILES string of the molecule is COCCN(CC(=O)O)C(=O)N(C)CC1CCN(C)CC1. The molecule has 21 heavy (non-hydrogen) atoms. The molecule has 0 aromatic rings. The number of amides is 2. The van der Waals surface area contributed by atoms with Crippen LogP contribution in [0.25, 0.3) is 0 Å². The van der Waals surface area contributed by atoms with E-state index in [-0.39, 0.29) is 12.6 Å². The summed E-state index contributed by atoms with van der Waals surface area (Å²) in [5.74, 6) is -0.517. The molecular formula is C14H27N3O4. The fourth-order valence-corrected chi connectivity index (χ4v) is 2.56. The van der Waals surface area contributed by atoms with Crippen molar-refractivity contribution in [1.29, 1.82) is 0 Å². The molecule has 0 spiro atoms. The molecule has 1 saturated heterocycles. The third-order valence-corrected chi connectivity index (χ3v) is 3.86. The van der Waals surface area contributed by atoms with Gasteiger partial charge >= 0.3 is 12.0 Å². The van der Waals surface area contributed by atoms with E-state index in [1.165, 1.54) is 12.0 Å². The van der Waals surface area contributed by atoms with Crippen molar-refractivity contribution in [3.63, 3.8) is 0 Å². The van der Waals surface area contributed by atoms with Crippen LogP contribution < -0.4 is 0 Å². The standard InChI is InChI=1S/C14H27N3O4/c1-15-6-4-12(5-7-15)10-16(2)14(20)17(8-9-21-3)11-13(18)19/h12H,4-11H2,1-3H3,(H,18,19). The maximum Gasteiger partial charge on any atom is 0.323 e. The van der Waals surface area contributed by atoms with Crippen LogP contribution in [0.3, 0.4) is 0 Å². The first-order valence-electron chi connectivity index (χ1n) is 7.33. The number of rotatable bonds is 7. The molecule has 1 fully saturated rings. The highest BCUT2D eigenvalue weighted by molar-refractivity contribution is 5.80. The summed E-state index contributed by atoms with van der Waals surface area (Å²) in [4.78, 5) is 28.5. The maximum absolute atomic E-state index is 12.3. The quantitative estimate of drug-likeness (QED) is 0.737. The van der Waals surface area contributed by atoms with Crippen LogP contribution in [0.2, 0.25) is 0 Å². The number of carbonyl (C=O) groups is 2. The Kier molecular flexibility index (Phi) is 7.45. The molecule has 0 atom stereocenters. The number of ether oxygens (including phenoxy) is 1. The molecule has 0 bridgehead atoms. The lowest BCUT2D eigenvalue weighted by atomic mass is 9.97. The number of piperidine rings is 1. The van der Waals surface area contributed by atoms with Crippen molar-refractivity contribution in [2.75, 3.05) is 60.5 Å². The number of carboxylic acids is 1. The molecule has 7 nitrogen and oxygen atoms in total. The van der Waals surface area contributed by atoms with Gasteiger partial charge in [-0.3, -0.25) is 4.79 Å². The van der Waals surface area contributed by atoms with Crippen LogP contribution in [0.5, 0.6) is 0 Å². The number of carboxylic acid groups (broad SMARTS) is 1. The Morgan fingerprint density at radius 3 is 2.48 bits per heavy atom. The smallest absolute Gasteiger partial charge is 0.323 e. The number of nitrogens with zero attached hydrogens (tertiary/aromatic N) is 3. The van der Waals surface area contributed by atoms with Gasteiger partial charge in [-0.05, 0) is 38.9 Å². The predicted molar refractivity (Wildman–Crippen MR) is 79.3 cm³/mol. The van der Waals surface area contributed by atoms with E-state index in [0.29, 0.717) is 25.6 Å². The number of hydrogen-bond acceptors (Lipinski definition) is 4. The number of urea groups is 1. The van der Waals surface area contributed by atoms with Crippen LogP contribution in [0.15, 0.2) is 0 Å². The lowest BCUT2D eigenvalue weighted by Gasteiger charge is -2.33. The molecule has 0 aliphatic carbocycles. The predicted octanol–water partition coefficient (Wildman–Crippen LogP) is 0.413. The van der Waals surface area contributed by atoms with Crippen LogP contribution in [-0.4, -0.2) is 92.3 Å². The molecule has 0 radical (unpaired) electrons. The van der Waals surface area contributed by atoms with Crippen LogP contribution in [0.1, 0.15) is 12.8 Å². The van der Waals surface area contributed by atoms with Crippen molar-refractivity contribution in [1.82, 2.24) is 14.7 Å². The van der Waals surface area contributed by atoms with E-state index in [4.69, 9.17) is 9.84 Å². The maximum atomic E-state index is 12.3. The zero-order valence-electron chi connectivity index (χ0n) is 13.2. The second-order valence-electron chi connectivity index (χ2n) is 5.72. The Bertz CT molecular complexity index is 343. The van der Waals surface area contributed by atoms with E-state index in [9.17, 15) is 9.59 Å². The number of aliphatic carboxylic acids is 1. The Balaban J connectivity index is 2.49. The van der Waals surface area contributed by atoms with E-state index in [1.807, 2.05) is 0 Å². The second-order valence-corrected chi connectivity index (χ2v) is 5.72. The molecule has 0 unspecified atom stereocenters. The molecule has 0 aromatic carbocycles. The van der Waals surface area contributed by atoms with Crippen molar-refractivity contribution in [2.45, 2.75) is 12.8 Å². The van der Waals surface area contributed by atoms with E-state index in [0.717, 1.165) is 25.9 Å². The van der Waals surface area contributed by atoms with Gasteiger partial charge in [0.2, 0.25) is 0 Å². The number of hydrogen-bond donors (Lipinski definition) is 1. The van der Waals surface area contributed by atoms with E-state index in [1.54, 1.807) is 11.9 Å². The summed E-state index contributed by atoms with van der Waals surface area (Å²) in [6.07, 6.45) is 2.15. The molecule has 1 aliphatic rings. The summed E-state index contributed by atoms with van der Waals surface area (Å²) >= 11 is 0. The number of methoxy groups -OCH3 is 1. The molecule has 1 aliphatic heterocycles. The summed E-state index contributed by atoms with van der Waals surface area (Å²) in [7, 11) is 5.37. The molecular weight excluding hydrogens is 274 g/mol. The van der Waals surface area contributed by atoms with Gasteiger partial charge in [-0.1, -0.05) is 0 Å². The Morgan fingerprint density at radius 1 is 1.33 bits per heavy atom. The van der Waals surface area contributed by atoms with Gasteiger partial charge in [-0.2, -0.15) is 0 Å². The van der Waals surface area contributed by atoms with Gasteiger partial charge in [-0.15, -0.1) is 0 Å². The minimum atomic E-state index is -1.01. The Hall–Kier alpha value is -1.34. The fourth-order valence-electron chi connectivity index (χ4n) is 2.56. The van der Waals surface area contributed by atoms with E-state index >= 15 is 0 Å². The van der Waals surface area contributed by atoms with Crippen molar-refractivity contribution in [3.8, 4) is 0 Å². The zero-order chi connectivity index (χ0) is 15.8. The minimum Gasteiger partial charge on any atom is -0.480 e. The molecule has 1 heterocycles. The summed E-state index contributed by atoms with van der Waals surface area (Å²) in [6, 6.07) is -0.242. The third-order valence-electron chi connectivity index (χ3n) is 3.86. The topological polar surface area (TPSA) is 73.3 Å². The molecule has 122 valence electrons. The molecule has 1 rings (SSSR count). The lowest BCUT2D eigenvalue weighted by molar-refractivity contribution is -0.137. The first kappa shape index (κ1) is 17.7. The fraction of sp³-hybridized carbons (Fsp3) is 0.857. The van der Waals surface area contributed by atoms with Crippen molar-refractivity contribution >= 4 is 12.0 Å². The van der Waals surface area contributed by atoms with Crippen molar-refractivity contribution in [3.05, 3.63) is 0 Å².